The van der Waals surface area contributed by atoms with E-state index in [2.05, 4.69) is 0 Å². The highest BCUT2D eigenvalue weighted by molar-refractivity contribution is 7.91. The van der Waals surface area contributed by atoms with Crippen molar-refractivity contribution in [2.45, 2.75) is 17.2 Å². The molecule has 0 aliphatic rings. The molecule has 6 heteroatoms. The normalized spacial score (nSPS) is 12.9. The van der Waals surface area contributed by atoms with E-state index in [0.717, 1.165) is 16.3 Å². The molecule has 0 saturated heterocycles. The Morgan fingerprint density at radius 1 is 0.917 bits per heavy atom. The van der Waals surface area contributed by atoms with Gasteiger partial charge in [0, 0.05) is 10.5 Å². The van der Waals surface area contributed by atoms with Crippen molar-refractivity contribution in [1.29, 1.82) is 0 Å². The van der Waals surface area contributed by atoms with Gasteiger partial charge in [0.1, 0.15) is 0 Å². The zero-order chi connectivity index (χ0) is 17.3. The summed E-state index contributed by atoms with van der Waals surface area (Å²) in [6.07, 6.45) is 0. The average molecular weight is 341 g/mol. The van der Waals surface area contributed by atoms with Crippen LogP contribution < -0.4 is 0 Å². The Labute approximate surface area is 139 Å². The summed E-state index contributed by atoms with van der Waals surface area (Å²) in [7, 11) is -4.14. The van der Waals surface area contributed by atoms with Gasteiger partial charge in [0.25, 0.3) is 9.84 Å². The molecule has 0 radical (unpaired) electrons. The first-order valence-electron chi connectivity index (χ1n) is 7.32. The van der Waals surface area contributed by atoms with Crippen LogP contribution in [0, 0.1) is 17.0 Å². The summed E-state index contributed by atoms with van der Waals surface area (Å²) in [6.45, 7) is 1.82. The standard InChI is InChI=1S/C18H15NO4S/c1-13-6-10-17(11-7-13)24(22,23)18(19(20)21)16-9-8-14-4-2-3-5-15(14)12-16/h2-12,18H,1H3. The number of fused-ring (bicyclic) bond motifs is 1. The Bertz CT molecular complexity index is 1010. The van der Waals surface area contributed by atoms with Gasteiger partial charge >= 0.3 is 5.37 Å². The van der Waals surface area contributed by atoms with Gasteiger partial charge in [-0.1, -0.05) is 54.1 Å². The highest BCUT2D eigenvalue weighted by atomic mass is 32.2. The van der Waals surface area contributed by atoms with Crippen molar-refractivity contribution in [3.63, 3.8) is 0 Å². The molecule has 0 N–H and O–H groups in total. The van der Waals surface area contributed by atoms with Gasteiger partial charge in [-0.15, -0.1) is 0 Å². The molecule has 0 aromatic heterocycles. The lowest BCUT2D eigenvalue weighted by Crippen LogP contribution is -2.21. The molecule has 0 amide bonds. The number of aryl methyl sites for hydroxylation is 1. The molecular weight excluding hydrogens is 326 g/mol. The van der Waals surface area contributed by atoms with Crippen LogP contribution in [0.25, 0.3) is 10.8 Å². The van der Waals surface area contributed by atoms with Crippen LogP contribution in [-0.2, 0) is 9.84 Å². The zero-order valence-corrected chi connectivity index (χ0v) is 13.7. The number of nitrogens with zero attached hydrogens (tertiary/aromatic N) is 1. The van der Waals surface area contributed by atoms with Crippen molar-refractivity contribution in [3.05, 3.63) is 88.0 Å². The number of nitro groups is 1. The molecule has 122 valence electrons. The lowest BCUT2D eigenvalue weighted by molar-refractivity contribution is -0.502. The Morgan fingerprint density at radius 3 is 2.17 bits per heavy atom. The zero-order valence-electron chi connectivity index (χ0n) is 12.9. The predicted octanol–water partition coefficient (Wildman–Crippen LogP) is 3.90. The van der Waals surface area contributed by atoms with Crippen LogP contribution in [0.1, 0.15) is 16.5 Å². The summed E-state index contributed by atoms with van der Waals surface area (Å²) >= 11 is 0. The van der Waals surface area contributed by atoms with E-state index in [0.29, 0.717) is 0 Å². The molecule has 1 atom stereocenters. The molecule has 0 aliphatic carbocycles. The van der Waals surface area contributed by atoms with Gasteiger partial charge in [0.15, 0.2) is 0 Å². The number of sulfone groups is 1. The fourth-order valence-corrected chi connectivity index (χ4v) is 4.14. The molecule has 0 aliphatic heterocycles. The molecule has 0 saturated carbocycles. The second-order valence-electron chi connectivity index (χ2n) is 5.60. The second-order valence-corrected chi connectivity index (χ2v) is 7.61. The molecule has 24 heavy (non-hydrogen) atoms. The van der Waals surface area contributed by atoms with E-state index in [-0.39, 0.29) is 10.5 Å². The summed E-state index contributed by atoms with van der Waals surface area (Å²) in [5.74, 6) is 0. The van der Waals surface area contributed by atoms with Crippen LogP contribution in [-0.4, -0.2) is 13.3 Å². The highest BCUT2D eigenvalue weighted by Crippen LogP contribution is 2.31. The van der Waals surface area contributed by atoms with E-state index in [1.54, 1.807) is 30.3 Å². The summed E-state index contributed by atoms with van der Waals surface area (Å²) in [5, 5.41) is 11.4. The molecular formula is C18H15NO4S. The molecule has 5 nitrogen and oxygen atoms in total. The van der Waals surface area contributed by atoms with Gasteiger partial charge in [0.2, 0.25) is 0 Å². The van der Waals surface area contributed by atoms with Gasteiger partial charge in [-0.2, -0.15) is 0 Å². The maximum absolute atomic E-state index is 12.8. The SMILES string of the molecule is Cc1ccc(S(=O)(=O)C(c2ccc3ccccc3c2)[N+](=O)[O-])cc1. The summed E-state index contributed by atoms with van der Waals surface area (Å²) in [6, 6.07) is 18.2. The first-order chi connectivity index (χ1) is 11.4. The molecule has 1 unspecified atom stereocenters. The van der Waals surface area contributed by atoms with Crippen LogP contribution in [0.5, 0.6) is 0 Å². The van der Waals surface area contributed by atoms with Crippen molar-refractivity contribution in [3.8, 4) is 0 Å². The van der Waals surface area contributed by atoms with E-state index in [4.69, 9.17) is 0 Å². The van der Waals surface area contributed by atoms with Crippen LogP contribution >= 0.6 is 0 Å². The Kier molecular flexibility index (Phi) is 4.07. The second kappa shape index (κ2) is 6.05. The third-order valence-corrected chi connectivity index (χ3v) is 5.85. The van der Waals surface area contributed by atoms with Gasteiger partial charge in [-0.3, -0.25) is 10.1 Å². The third-order valence-electron chi connectivity index (χ3n) is 3.89. The summed E-state index contributed by atoms with van der Waals surface area (Å²) in [5.41, 5.74) is 1.04. The Morgan fingerprint density at radius 2 is 1.54 bits per heavy atom. The van der Waals surface area contributed by atoms with Crippen molar-refractivity contribution in [2.75, 3.05) is 0 Å². The predicted molar refractivity (Wildman–Crippen MR) is 92.0 cm³/mol. The smallest absolute Gasteiger partial charge is 0.263 e. The number of hydrogen-bond acceptors (Lipinski definition) is 4. The molecule has 0 heterocycles. The first kappa shape index (κ1) is 16.1. The largest absolute Gasteiger partial charge is 0.339 e. The first-order valence-corrected chi connectivity index (χ1v) is 8.87. The van der Waals surface area contributed by atoms with E-state index in [1.165, 1.54) is 18.2 Å². The maximum atomic E-state index is 12.8. The topological polar surface area (TPSA) is 77.3 Å². The Hall–Kier alpha value is -2.73. The fraction of sp³-hybridized carbons (Fsp3) is 0.111. The minimum absolute atomic E-state index is 0.0528. The van der Waals surface area contributed by atoms with Crippen LogP contribution in [0.15, 0.2) is 71.6 Å². The third kappa shape index (κ3) is 2.88. The fourth-order valence-electron chi connectivity index (χ4n) is 2.63. The van der Waals surface area contributed by atoms with E-state index in [9.17, 15) is 18.5 Å². The van der Waals surface area contributed by atoms with Crippen molar-refractivity contribution < 1.29 is 13.3 Å². The molecule has 0 spiro atoms. The van der Waals surface area contributed by atoms with E-state index < -0.39 is 20.1 Å². The van der Waals surface area contributed by atoms with E-state index in [1.807, 2.05) is 25.1 Å². The highest BCUT2D eigenvalue weighted by Gasteiger charge is 2.39. The molecule has 3 rings (SSSR count). The summed E-state index contributed by atoms with van der Waals surface area (Å²) < 4.78 is 25.6. The van der Waals surface area contributed by atoms with Gasteiger partial charge in [-0.05, 0) is 35.9 Å². The van der Waals surface area contributed by atoms with Crippen LogP contribution in [0.4, 0.5) is 0 Å². The monoisotopic (exact) mass is 341 g/mol. The Balaban J connectivity index is 2.15. The lowest BCUT2D eigenvalue weighted by atomic mass is 10.1. The van der Waals surface area contributed by atoms with Gasteiger partial charge in [-0.25, -0.2) is 8.42 Å². The van der Waals surface area contributed by atoms with Crippen molar-refractivity contribution in [1.82, 2.24) is 0 Å². The van der Waals surface area contributed by atoms with Crippen molar-refractivity contribution >= 4 is 20.6 Å². The minimum atomic E-state index is -4.14. The molecule has 0 bridgehead atoms. The minimum Gasteiger partial charge on any atom is -0.263 e. The van der Waals surface area contributed by atoms with Gasteiger partial charge in [0.05, 0.1) is 4.90 Å². The van der Waals surface area contributed by atoms with Crippen LogP contribution in [0.2, 0.25) is 0 Å². The van der Waals surface area contributed by atoms with Crippen LogP contribution in [0.3, 0.4) is 0 Å². The molecule has 0 fully saturated rings. The lowest BCUT2D eigenvalue weighted by Gasteiger charge is -2.12. The quantitative estimate of drug-likeness (QED) is 0.533. The number of benzene rings is 3. The van der Waals surface area contributed by atoms with Gasteiger partial charge < -0.3 is 0 Å². The molecule has 3 aromatic carbocycles. The van der Waals surface area contributed by atoms with Crippen molar-refractivity contribution in [2.24, 2.45) is 0 Å². The van der Waals surface area contributed by atoms with E-state index >= 15 is 0 Å². The maximum Gasteiger partial charge on any atom is 0.339 e. The molecule has 3 aromatic rings. The average Bonchev–Trinajstić information content (AvgIpc) is 2.54. The number of rotatable bonds is 4. The number of hydrogen-bond donors (Lipinski definition) is 0. The summed E-state index contributed by atoms with van der Waals surface area (Å²) in [4.78, 5) is 10.7.